The van der Waals surface area contributed by atoms with Gasteiger partial charge in [-0.1, -0.05) is 60.7 Å². The van der Waals surface area contributed by atoms with E-state index in [1.165, 1.54) is 11.1 Å². The third-order valence-corrected chi connectivity index (χ3v) is 3.77. The van der Waals surface area contributed by atoms with Crippen LogP contribution in [0, 0.1) is 0 Å². The Labute approximate surface area is 149 Å². The van der Waals surface area contributed by atoms with Crippen LogP contribution in [0.2, 0.25) is 0 Å². The molecule has 0 aliphatic carbocycles. The summed E-state index contributed by atoms with van der Waals surface area (Å²) in [6.45, 7) is 4.15. The molecule has 3 aromatic carbocycles. The van der Waals surface area contributed by atoms with Crippen molar-refractivity contribution in [1.29, 1.82) is 0 Å². The van der Waals surface area contributed by atoms with E-state index in [1.807, 2.05) is 60.5 Å². The lowest BCUT2D eigenvalue weighted by Gasteiger charge is -2.21. The van der Waals surface area contributed by atoms with Crippen molar-refractivity contribution in [2.45, 2.75) is 20.0 Å². The van der Waals surface area contributed by atoms with Crippen molar-refractivity contribution in [3.8, 4) is 11.5 Å². The van der Waals surface area contributed by atoms with Crippen LogP contribution in [-0.2, 0) is 17.9 Å². The zero-order valence-electron chi connectivity index (χ0n) is 14.5. The van der Waals surface area contributed by atoms with Gasteiger partial charge in [0.25, 0.3) is 0 Å². The van der Waals surface area contributed by atoms with E-state index in [4.69, 9.17) is 9.57 Å². The predicted molar refractivity (Wildman–Crippen MR) is 100 cm³/mol. The first-order valence-electron chi connectivity index (χ1n) is 8.57. The zero-order valence-corrected chi connectivity index (χ0v) is 14.5. The summed E-state index contributed by atoms with van der Waals surface area (Å²) in [7, 11) is 0. The molecule has 0 saturated carbocycles. The molecule has 0 atom stereocenters. The standard InChI is InChI=1S/C22H23NO2/c1-2-24-23(17-19-9-5-3-6-10-19)18-20-13-15-22(16-14-20)25-21-11-7-4-8-12-21/h3-16H,2,17-18H2,1H3. The topological polar surface area (TPSA) is 21.7 Å². The molecule has 0 spiro atoms. The van der Waals surface area contributed by atoms with Gasteiger partial charge in [0.05, 0.1) is 6.61 Å². The highest BCUT2D eigenvalue weighted by Crippen LogP contribution is 2.22. The minimum Gasteiger partial charge on any atom is -0.457 e. The van der Waals surface area contributed by atoms with Crippen LogP contribution in [0.4, 0.5) is 0 Å². The summed E-state index contributed by atoms with van der Waals surface area (Å²) >= 11 is 0. The summed E-state index contributed by atoms with van der Waals surface area (Å²) < 4.78 is 5.84. The molecule has 3 rings (SSSR count). The van der Waals surface area contributed by atoms with Gasteiger partial charge in [-0.25, -0.2) is 0 Å². The summed E-state index contributed by atoms with van der Waals surface area (Å²) in [5.41, 5.74) is 2.42. The van der Waals surface area contributed by atoms with Crippen molar-refractivity contribution in [3.05, 3.63) is 96.1 Å². The Morgan fingerprint density at radius 1 is 0.640 bits per heavy atom. The molecule has 25 heavy (non-hydrogen) atoms. The number of hydrogen-bond acceptors (Lipinski definition) is 3. The van der Waals surface area contributed by atoms with E-state index in [2.05, 4.69) is 36.4 Å². The summed E-state index contributed by atoms with van der Waals surface area (Å²) in [4.78, 5) is 5.78. The van der Waals surface area contributed by atoms with E-state index in [9.17, 15) is 0 Å². The van der Waals surface area contributed by atoms with Crippen LogP contribution >= 0.6 is 0 Å². The van der Waals surface area contributed by atoms with E-state index < -0.39 is 0 Å². The molecule has 0 aliphatic heterocycles. The van der Waals surface area contributed by atoms with Crippen LogP contribution in [0.3, 0.4) is 0 Å². The molecule has 3 heteroatoms. The zero-order chi connectivity index (χ0) is 17.3. The highest BCUT2D eigenvalue weighted by Gasteiger charge is 2.07. The number of benzene rings is 3. The van der Waals surface area contributed by atoms with Gasteiger partial charge < -0.3 is 4.74 Å². The molecule has 0 aliphatic rings. The van der Waals surface area contributed by atoms with Gasteiger partial charge >= 0.3 is 0 Å². The van der Waals surface area contributed by atoms with E-state index in [-0.39, 0.29) is 0 Å². The Kier molecular flexibility index (Phi) is 6.21. The second-order valence-electron chi connectivity index (χ2n) is 5.76. The lowest BCUT2D eigenvalue weighted by atomic mass is 10.2. The molecule has 0 radical (unpaired) electrons. The molecular weight excluding hydrogens is 310 g/mol. The highest BCUT2D eigenvalue weighted by atomic mass is 16.7. The van der Waals surface area contributed by atoms with Gasteiger partial charge in [0.1, 0.15) is 11.5 Å². The Balaban J connectivity index is 1.62. The van der Waals surface area contributed by atoms with Gasteiger partial charge in [-0.2, -0.15) is 5.06 Å². The average molecular weight is 333 g/mol. The lowest BCUT2D eigenvalue weighted by Crippen LogP contribution is -2.23. The highest BCUT2D eigenvalue weighted by molar-refractivity contribution is 5.32. The predicted octanol–water partition coefficient (Wildman–Crippen LogP) is 5.43. The molecule has 128 valence electrons. The van der Waals surface area contributed by atoms with Gasteiger partial charge in [0.15, 0.2) is 0 Å². The molecule has 3 aromatic rings. The molecule has 0 aromatic heterocycles. The van der Waals surface area contributed by atoms with Crippen molar-refractivity contribution >= 4 is 0 Å². The maximum absolute atomic E-state index is 5.84. The van der Waals surface area contributed by atoms with Crippen LogP contribution < -0.4 is 4.74 Å². The van der Waals surface area contributed by atoms with Gasteiger partial charge in [0, 0.05) is 13.1 Å². The van der Waals surface area contributed by atoms with Gasteiger partial charge in [-0.3, -0.25) is 4.84 Å². The molecule has 0 heterocycles. The molecule has 3 nitrogen and oxygen atoms in total. The third-order valence-electron chi connectivity index (χ3n) is 3.77. The molecule has 0 fully saturated rings. The fourth-order valence-electron chi connectivity index (χ4n) is 2.61. The monoisotopic (exact) mass is 333 g/mol. The Bertz CT molecular complexity index is 742. The molecule has 0 N–H and O–H groups in total. The minimum absolute atomic E-state index is 0.655. The fourth-order valence-corrected chi connectivity index (χ4v) is 2.61. The number of rotatable bonds is 8. The van der Waals surface area contributed by atoms with Crippen LogP contribution in [0.1, 0.15) is 18.1 Å². The number of nitrogens with zero attached hydrogens (tertiary/aromatic N) is 1. The molecular formula is C22H23NO2. The van der Waals surface area contributed by atoms with Crippen LogP contribution in [0.15, 0.2) is 84.9 Å². The van der Waals surface area contributed by atoms with Crippen LogP contribution in [-0.4, -0.2) is 11.7 Å². The molecule has 0 unspecified atom stereocenters. The first-order valence-corrected chi connectivity index (χ1v) is 8.57. The van der Waals surface area contributed by atoms with Crippen molar-refractivity contribution in [1.82, 2.24) is 5.06 Å². The number of ether oxygens (including phenoxy) is 1. The number of hydroxylamine groups is 2. The minimum atomic E-state index is 0.655. The molecule has 0 bridgehead atoms. The van der Waals surface area contributed by atoms with Crippen molar-refractivity contribution < 1.29 is 9.57 Å². The second kappa shape index (κ2) is 9.02. The normalized spacial score (nSPS) is 10.8. The SMILES string of the molecule is CCON(Cc1ccccc1)Cc1ccc(Oc2ccccc2)cc1. The summed E-state index contributed by atoms with van der Waals surface area (Å²) in [6.07, 6.45) is 0. The quantitative estimate of drug-likeness (QED) is 0.513. The fraction of sp³-hybridized carbons (Fsp3) is 0.182. The lowest BCUT2D eigenvalue weighted by molar-refractivity contribution is -0.169. The maximum Gasteiger partial charge on any atom is 0.127 e. The van der Waals surface area contributed by atoms with Crippen molar-refractivity contribution in [3.63, 3.8) is 0 Å². The average Bonchev–Trinajstić information content (AvgIpc) is 2.65. The van der Waals surface area contributed by atoms with E-state index in [1.54, 1.807) is 0 Å². The summed E-state index contributed by atoms with van der Waals surface area (Å²) in [5.74, 6) is 1.68. The Hall–Kier alpha value is -2.62. The Morgan fingerprint density at radius 3 is 1.76 bits per heavy atom. The van der Waals surface area contributed by atoms with Crippen molar-refractivity contribution in [2.75, 3.05) is 6.61 Å². The summed E-state index contributed by atoms with van der Waals surface area (Å²) in [5, 5.41) is 1.99. The van der Waals surface area contributed by atoms with Gasteiger partial charge in [0.2, 0.25) is 0 Å². The number of hydrogen-bond donors (Lipinski definition) is 0. The van der Waals surface area contributed by atoms with E-state index >= 15 is 0 Å². The first kappa shape index (κ1) is 17.2. The first-order chi connectivity index (χ1) is 12.3. The molecule has 0 saturated heterocycles. The van der Waals surface area contributed by atoms with Gasteiger partial charge in [-0.05, 0) is 42.3 Å². The van der Waals surface area contributed by atoms with E-state index in [0.717, 1.165) is 24.6 Å². The third kappa shape index (κ3) is 5.45. The number of para-hydroxylation sites is 1. The second-order valence-corrected chi connectivity index (χ2v) is 5.76. The van der Waals surface area contributed by atoms with Crippen LogP contribution in [0.25, 0.3) is 0 Å². The molecule has 0 amide bonds. The Morgan fingerprint density at radius 2 is 1.16 bits per heavy atom. The largest absolute Gasteiger partial charge is 0.457 e. The van der Waals surface area contributed by atoms with E-state index in [0.29, 0.717) is 6.61 Å². The van der Waals surface area contributed by atoms with Crippen LogP contribution in [0.5, 0.6) is 11.5 Å². The summed E-state index contributed by atoms with van der Waals surface area (Å²) in [6, 6.07) is 28.3. The van der Waals surface area contributed by atoms with Crippen molar-refractivity contribution in [2.24, 2.45) is 0 Å². The smallest absolute Gasteiger partial charge is 0.127 e. The van der Waals surface area contributed by atoms with Gasteiger partial charge in [-0.15, -0.1) is 0 Å². The maximum atomic E-state index is 5.84.